The molecule has 0 saturated heterocycles. The summed E-state index contributed by atoms with van der Waals surface area (Å²) in [6, 6.07) is 6.11. The molecule has 0 fully saturated rings. The van der Waals surface area contributed by atoms with Gasteiger partial charge in [0.25, 0.3) is 0 Å². The van der Waals surface area contributed by atoms with Gasteiger partial charge in [0.2, 0.25) is 0 Å². The number of carbonyl (C=O) groups is 1. The summed E-state index contributed by atoms with van der Waals surface area (Å²) in [5.74, 6) is 2.71. The highest BCUT2D eigenvalue weighted by molar-refractivity contribution is 9.10. The average Bonchev–Trinajstić information content (AvgIpc) is 3.28. The molecule has 1 atom stereocenters. The summed E-state index contributed by atoms with van der Waals surface area (Å²) in [7, 11) is 3.08. The SMILES string of the molecule is COC(=O)CCCCCCCCOc1cc2nc(C)nc(N[C@H](C)c3cc(Br)cs3)c2cc1OC. The summed E-state index contributed by atoms with van der Waals surface area (Å²) >= 11 is 5.23. The highest BCUT2D eigenvalue weighted by Crippen LogP contribution is 2.36. The van der Waals surface area contributed by atoms with E-state index in [0.29, 0.717) is 30.4 Å². The maximum Gasteiger partial charge on any atom is 0.305 e. The van der Waals surface area contributed by atoms with E-state index in [2.05, 4.69) is 54.3 Å². The Morgan fingerprint density at radius 1 is 1.06 bits per heavy atom. The third-order valence-corrected chi connectivity index (χ3v) is 7.60. The lowest BCUT2D eigenvalue weighted by Gasteiger charge is -2.17. The number of aryl methyl sites for hydroxylation is 1. The van der Waals surface area contributed by atoms with Crippen molar-refractivity contribution in [1.82, 2.24) is 9.97 Å². The predicted molar refractivity (Wildman–Crippen MR) is 145 cm³/mol. The van der Waals surface area contributed by atoms with E-state index in [4.69, 9.17) is 9.47 Å². The highest BCUT2D eigenvalue weighted by atomic mass is 79.9. The molecule has 1 N–H and O–H groups in total. The van der Waals surface area contributed by atoms with Crippen LogP contribution >= 0.6 is 27.3 Å². The molecule has 0 bridgehead atoms. The van der Waals surface area contributed by atoms with Gasteiger partial charge in [-0.3, -0.25) is 4.79 Å². The standard InChI is InChI=1S/C26H34BrN3O4S/c1-17(24-13-19(27)16-35-24)28-26-20-14-22(32-3)23(15-21(20)29-18(2)30-26)34-12-10-8-6-5-7-9-11-25(31)33-4/h13-17H,5-12H2,1-4H3,(H,28,29,30)/t17-/m1/s1. The molecule has 0 radical (unpaired) electrons. The second-order valence-electron chi connectivity index (χ2n) is 8.47. The molecule has 2 heterocycles. The number of hydrogen-bond donors (Lipinski definition) is 1. The minimum absolute atomic E-state index is 0.103. The zero-order chi connectivity index (χ0) is 25.2. The third kappa shape index (κ3) is 8.07. The number of nitrogens with zero attached hydrogens (tertiary/aromatic N) is 2. The van der Waals surface area contributed by atoms with E-state index in [0.717, 1.165) is 59.7 Å². The molecule has 9 heteroatoms. The van der Waals surface area contributed by atoms with Gasteiger partial charge in [-0.15, -0.1) is 11.3 Å². The number of hydrogen-bond acceptors (Lipinski definition) is 8. The average molecular weight is 565 g/mol. The number of halogens is 1. The molecular formula is C26H34BrN3O4S. The minimum Gasteiger partial charge on any atom is -0.493 e. The van der Waals surface area contributed by atoms with Gasteiger partial charge in [0.1, 0.15) is 11.6 Å². The fraction of sp³-hybridized carbons (Fsp3) is 0.500. The molecule has 0 aliphatic rings. The van der Waals surface area contributed by atoms with Crippen LogP contribution in [0.5, 0.6) is 11.5 Å². The van der Waals surface area contributed by atoms with Crippen molar-refractivity contribution in [2.75, 3.05) is 26.1 Å². The third-order valence-electron chi connectivity index (χ3n) is 5.72. The fourth-order valence-corrected chi connectivity index (χ4v) is 5.28. The van der Waals surface area contributed by atoms with Crippen LogP contribution in [0, 0.1) is 6.92 Å². The number of rotatable bonds is 14. The van der Waals surface area contributed by atoms with Crippen LogP contribution in [-0.4, -0.2) is 36.8 Å². The van der Waals surface area contributed by atoms with Crippen molar-refractivity contribution in [3.05, 3.63) is 38.8 Å². The van der Waals surface area contributed by atoms with Crippen LogP contribution in [0.25, 0.3) is 10.9 Å². The first-order valence-electron chi connectivity index (χ1n) is 12.0. The Morgan fingerprint density at radius 2 is 1.80 bits per heavy atom. The van der Waals surface area contributed by atoms with Crippen LogP contribution in [0.4, 0.5) is 5.82 Å². The zero-order valence-electron chi connectivity index (χ0n) is 20.9. The summed E-state index contributed by atoms with van der Waals surface area (Å²) in [4.78, 5) is 21.7. The Hall–Kier alpha value is -2.39. The number of ether oxygens (including phenoxy) is 3. The van der Waals surface area contributed by atoms with Gasteiger partial charge < -0.3 is 19.5 Å². The first-order valence-corrected chi connectivity index (χ1v) is 13.6. The van der Waals surface area contributed by atoms with Crippen molar-refractivity contribution in [1.29, 1.82) is 0 Å². The molecular weight excluding hydrogens is 530 g/mol. The van der Waals surface area contributed by atoms with Crippen LogP contribution in [0.3, 0.4) is 0 Å². The quantitative estimate of drug-likeness (QED) is 0.163. The Bertz CT molecular complexity index is 1120. The van der Waals surface area contributed by atoms with E-state index in [9.17, 15) is 4.79 Å². The largest absolute Gasteiger partial charge is 0.493 e. The van der Waals surface area contributed by atoms with Crippen LogP contribution < -0.4 is 14.8 Å². The molecule has 35 heavy (non-hydrogen) atoms. The van der Waals surface area contributed by atoms with E-state index in [-0.39, 0.29) is 12.0 Å². The maximum atomic E-state index is 11.1. The number of nitrogens with one attached hydrogen (secondary N) is 1. The monoisotopic (exact) mass is 563 g/mol. The van der Waals surface area contributed by atoms with Crippen molar-refractivity contribution >= 4 is 50.0 Å². The van der Waals surface area contributed by atoms with E-state index in [1.807, 2.05) is 19.1 Å². The fourth-order valence-electron chi connectivity index (χ4n) is 3.83. The highest BCUT2D eigenvalue weighted by Gasteiger charge is 2.16. The van der Waals surface area contributed by atoms with E-state index >= 15 is 0 Å². The number of esters is 1. The van der Waals surface area contributed by atoms with Gasteiger partial charge >= 0.3 is 5.97 Å². The second kappa shape index (κ2) is 13.6. The number of thiophene rings is 1. The number of fused-ring (bicyclic) bond motifs is 1. The van der Waals surface area contributed by atoms with E-state index in [1.165, 1.54) is 12.0 Å². The van der Waals surface area contributed by atoms with Crippen LogP contribution in [0.2, 0.25) is 0 Å². The maximum absolute atomic E-state index is 11.1. The Balaban J connectivity index is 1.58. The predicted octanol–water partition coefficient (Wildman–Crippen LogP) is 7.23. The van der Waals surface area contributed by atoms with Gasteiger partial charge in [-0.2, -0.15) is 0 Å². The topological polar surface area (TPSA) is 82.6 Å². The van der Waals surface area contributed by atoms with Gasteiger partial charge in [-0.05, 0) is 54.8 Å². The number of anilines is 1. The molecule has 3 aromatic rings. The van der Waals surface area contributed by atoms with Crippen LogP contribution in [0.15, 0.2) is 28.1 Å². The minimum atomic E-state index is -0.128. The first kappa shape index (κ1) is 27.2. The zero-order valence-corrected chi connectivity index (χ0v) is 23.3. The van der Waals surface area contributed by atoms with Crippen molar-refractivity contribution in [2.45, 2.75) is 64.8 Å². The van der Waals surface area contributed by atoms with E-state index in [1.54, 1.807) is 18.4 Å². The number of aromatic nitrogens is 2. The normalized spacial score (nSPS) is 11.9. The lowest BCUT2D eigenvalue weighted by atomic mass is 10.1. The number of carbonyl (C=O) groups excluding carboxylic acids is 1. The Labute approximate surface area is 219 Å². The van der Waals surface area contributed by atoms with E-state index < -0.39 is 0 Å². The number of methoxy groups -OCH3 is 2. The van der Waals surface area contributed by atoms with Gasteiger partial charge in [0, 0.05) is 32.6 Å². The molecule has 1 aromatic carbocycles. The molecule has 0 unspecified atom stereocenters. The number of unbranched alkanes of at least 4 members (excludes halogenated alkanes) is 5. The molecule has 2 aromatic heterocycles. The summed E-state index contributed by atoms with van der Waals surface area (Å²) in [6.07, 6.45) is 6.72. The summed E-state index contributed by atoms with van der Waals surface area (Å²) in [5, 5.41) is 6.51. The summed E-state index contributed by atoms with van der Waals surface area (Å²) in [6.45, 7) is 4.63. The van der Waals surface area contributed by atoms with Crippen molar-refractivity contribution in [3.63, 3.8) is 0 Å². The Morgan fingerprint density at radius 3 is 2.49 bits per heavy atom. The molecule has 0 saturated carbocycles. The number of benzene rings is 1. The van der Waals surface area contributed by atoms with Crippen molar-refractivity contribution in [3.8, 4) is 11.5 Å². The van der Waals surface area contributed by atoms with Crippen molar-refractivity contribution in [2.24, 2.45) is 0 Å². The lowest BCUT2D eigenvalue weighted by molar-refractivity contribution is -0.140. The molecule has 0 aliphatic carbocycles. The molecule has 0 amide bonds. The van der Waals surface area contributed by atoms with Gasteiger partial charge in [-0.1, -0.05) is 25.7 Å². The van der Waals surface area contributed by atoms with Crippen LogP contribution in [0.1, 0.15) is 68.6 Å². The molecule has 7 nitrogen and oxygen atoms in total. The van der Waals surface area contributed by atoms with Crippen molar-refractivity contribution < 1.29 is 19.0 Å². The first-order chi connectivity index (χ1) is 16.9. The summed E-state index contributed by atoms with van der Waals surface area (Å²) < 4.78 is 17.5. The smallest absolute Gasteiger partial charge is 0.305 e. The lowest BCUT2D eigenvalue weighted by Crippen LogP contribution is -2.09. The molecule has 0 aliphatic heterocycles. The van der Waals surface area contributed by atoms with Gasteiger partial charge in [-0.25, -0.2) is 9.97 Å². The van der Waals surface area contributed by atoms with Gasteiger partial charge in [0.05, 0.1) is 32.4 Å². The molecule has 190 valence electrons. The second-order valence-corrected chi connectivity index (χ2v) is 10.3. The van der Waals surface area contributed by atoms with Crippen LogP contribution in [-0.2, 0) is 9.53 Å². The van der Waals surface area contributed by atoms with Gasteiger partial charge in [0.15, 0.2) is 11.5 Å². The molecule has 0 spiro atoms. The molecule has 3 rings (SSSR count). The summed E-state index contributed by atoms with van der Waals surface area (Å²) in [5.41, 5.74) is 0.820. The Kier molecular flexibility index (Phi) is 10.6.